The van der Waals surface area contributed by atoms with Crippen LogP contribution in [0.25, 0.3) is 11.2 Å². The second kappa shape index (κ2) is 18.6. The molecule has 7 atom stereocenters. The number of carbonyl (C=O) groups is 2. The number of aliphatic hydroxyl groups excluding tert-OH is 2. The van der Waals surface area contributed by atoms with Crippen LogP contribution in [0.2, 0.25) is 0 Å². The molecule has 3 aromatic heterocycles. The van der Waals surface area contributed by atoms with E-state index in [1.165, 1.54) is 24.7 Å². The van der Waals surface area contributed by atoms with E-state index in [9.17, 15) is 61.5 Å². The summed E-state index contributed by atoms with van der Waals surface area (Å²) in [5.41, 5.74) is 5.57. The van der Waals surface area contributed by atoms with E-state index in [0.29, 0.717) is 10.8 Å². The highest BCUT2D eigenvalue weighted by Gasteiger charge is 2.50. The number of carbonyl (C=O) groups excluding carboxylic acids is 2. The summed E-state index contributed by atoms with van der Waals surface area (Å²) < 4.78 is 86.2. The Bertz CT molecular complexity index is 2110. The lowest BCUT2D eigenvalue weighted by Gasteiger charge is -2.30. The number of aromatic nitrogens is 5. The van der Waals surface area contributed by atoms with Crippen molar-refractivity contribution in [2.75, 3.05) is 37.8 Å². The summed E-state index contributed by atoms with van der Waals surface area (Å²) in [7, 11) is -19.5. The number of phosphoric ester groups is 3. The maximum Gasteiger partial charge on any atom is 0.481 e. The highest BCUT2D eigenvalue weighted by atomic mass is 33.1. The molecule has 1 saturated heterocycles. The topological polar surface area (TPSA) is 394 Å². The van der Waals surface area contributed by atoms with E-state index in [1.807, 2.05) is 0 Å². The minimum Gasteiger partial charge on any atom is -0.386 e. The first-order chi connectivity index (χ1) is 25.9. The van der Waals surface area contributed by atoms with Gasteiger partial charge in [-0.3, -0.25) is 27.7 Å². The van der Waals surface area contributed by atoms with Gasteiger partial charge >= 0.3 is 23.5 Å². The third kappa shape index (κ3) is 12.7. The van der Waals surface area contributed by atoms with E-state index >= 15 is 0 Å². The van der Waals surface area contributed by atoms with Gasteiger partial charge < -0.3 is 50.9 Å². The Morgan fingerprint density at radius 2 is 1.79 bits per heavy atom. The van der Waals surface area contributed by atoms with Gasteiger partial charge in [-0.05, 0) is 10.8 Å². The fourth-order valence-electron chi connectivity index (χ4n) is 4.67. The van der Waals surface area contributed by atoms with E-state index in [-0.39, 0.29) is 47.3 Å². The Labute approximate surface area is 324 Å². The second-order valence-corrected chi connectivity index (χ2v) is 21.1. The third-order valence-corrected chi connectivity index (χ3v) is 14.6. The van der Waals surface area contributed by atoms with Crippen LogP contribution in [-0.4, -0.2) is 131 Å². The number of nitrogens with one attached hydrogen (secondary N) is 2. The molecule has 0 aliphatic carbocycles. The maximum atomic E-state index is 12.7. The number of fused-ring (bicyclic) bond motifs is 1. The zero-order valence-electron chi connectivity index (χ0n) is 28.9. The van der Waals surface area contributed by atoms with Crippen molar-refractivity contribution in [3.05, 3.63) is 23.5 Å². The zero-order chi connectivity index (χ0) is 41.7. The average molecular weight is 915 g/mol. The molecule has 314 valence electrons. The van der Waals surface area contributed by atoms with E-state index < -0.39 is 93.4 Å². The molecule has 2 amide bonds. The van der Waals surface area contributed by atoms with Crippen LogP contribution in [0.5, 0.6) is 0 Å². The second-order valence-electron chi connectivity index (χ2n) is 12.2. The van der Waals surface area contributed by atoms with E-state index in [2.05, 4.69) is 39.4 Å². The van der Waals surface area contributed by atoms with Crippen LogP contribution in [-0.2, 0) is 54.8 Å². The monoisotopic (exact) mass is 914 g/mol. The summed E-state index contributed by atoms with van der Waals surface area (Å²) in [6, 6.07) is 0. The summed E-state index contributed by atoms with van der Waals surface area (Å²) in [4.78, 5) is 79.2. The van der Waals surface area contributed by atoms with Gasteiger partial charge in [0.15, 0.2) is 22.7 Å². The largest absolute Gasteiger partial charge is 0.481 e. The Morgan fingerprint density at radius 1 is 1.09 bits per heavy atom. The summed E-state index contributed by atoms with van der Waals surface area (Å²) in [6.07, 6.45) is -7.11. The number of anilines is 1. The number of thiazole rings is 1. The molecule has 1 aliphatic heterocycles. The van der Waals surface area contributed by atoms with Crippen molar-refractivity contribution in [3.8, 4) is 0 Å². The molecule has 10 N–H and O–H groups in total. The minimum atomic E-state index is -5.59. The molecule has 1 aliphatic rings. The molecule has 56 heavy (non-hydrogen) atoms. The Morgan fingerprint density at radius 3 is 2.45 bits per heavy atom. The smallest absolute Gasteiger partial charge is 0.386 e. The predicted molar refractivity (Wildman–Crippen MR) is 191 cm³/mol. The maximum absolute atomic E-state index is 12.7. The molecule has 1 fully saturated rings. The Balaban J connectivity index is 1.24. The van der Waals surface area contributed by atoms with E-state index in [1.54, 1.807) is 0 Å². The van der Waals surface area contributed by atoms with Crippen molar-refractivity contribution in [3.63, 3.8) is 0 Å². The quantitative estimate of drug-likeness (QED) is 0.0351. The number of nitrogens with two attached hydrogens (primary N) is 1. The van der Waals surface area contributed by atoms with Gasteiger partial charge in [-0.1, -0.05) is 13.8 Å². The SMILES string of the molecule is CC(C)(COP(=O)(O)OP(=O)(O)OC[C@H]1O[C@@H](n2cnc3c(N)ncnc32)[C@H](O)[C@@H]1OP(=O)(O)O)[C@@H](O)C(=O)NCCC(=O)NCCSS(=O)(=O)c1cscn1. The molecule has 0 spiro atoms. The van der Waals surface area contributed by atoms with Gasteiger partial charge in [-0.25, -0.2) is 42.0 Å². The molecule has 4 heterocycles. The van der Waals surface area contributed by atoms with Gasteiger partial charge in [-0.2, -0.15) is 4.31 Å². The number of hydrogen-bond acceptors (Lipinski definition) is 21. The zero-order valence-corrected chi connectivity index (χ0v) is 34.0. The number of hydrogen-bond donors (Lipinski definition) is 9. The molecule has 0 radical (unpaired) electrons. The van der Waals surface area contributed by atoms with Crippen LogP contribution in [0, 0.1) is 5.41 Å². The lowest BCUT2D eigenvalue weighted by atomic mass is 9.87. The van der Waals surface area contributed by atoms with Crippen LogP contribution >= 0.6 is 45.6 Å². The number of nitrogens with zero attached hydrogens (tertiary/aromatic N) is 5. The molecule has 0 saturated carbocycles. The number of imidazole rings is 1. The van der Waals surface area contributed by atoms with Crippen LogP contribution < -0.4 is 16.4 Å². The lowest BCUT2D eigenvalue weighted by molar-refractivity contribution is -0.137. The molecule has 2 unspecified atom stereocenters. The van der Waals surface area contributed by atoms with Crippen molar-refractivity contribution in [2.24, 2.45) is 5.41 Å². The number of rotatable bonds is 21. The highest BCUT2D eigenvalue weighted by molar-refractivity contribution is 8.72. The van der Waals surface area contributed by atoms with Crippen molar-refractivity contribution < 1.29 is 84.1 Å². The first-order valence-electron chi connectivity index (χ1n) is 15.6. The van der Waals surface area contributed by atoms with Gasteiger partial charge in [0.25, 0.3) is 0 Å². The number of amides is 2. The molecule has 4 rings (SSSR count). The molecule has 3 aromatic rings. The predicted octanol–water partition coefficient (Wildman–Crippen LogP) is -1.02. The van der Waals surface area contributed by atoms with Crippen LogP contribution in [0.4, 0.5) is 5.82 Å². The first-order valence-corrected chi connectivity index (χ1v) is 24.0. The van der Waals surface area contributed by atoms with Crippen molar-refractivity contribution in [1.82, 2.24) is 35.1 Å². The summed E-state index contributed by atoms with van der Waals surface area (Å²) >= 11 is 1.11. The normalized spacial score (nSPS) is 22.0. The molecular formula is C24H37N8O18P3S3. The van der Waals surface area contributed by atoms with Crippen LogP contribution in [0.3, 0.4) is 0 Å². The molecule has 32 heteroatoms. The third-order valence-electron chi connectivity index (χ3n) is 7.41. The van der Waals surface area contributed by atoms with Crippen molar-refractivity contribution >= 4 is 83.3 Å². The fraction of sp³-hybridized carbons (Fsp3) is 0.583. The molecule has 0 aromatic carbocycles. The molecule has 26 nitrogen and oxygen atoms in total. The van der Waals surface area contributed by atoms with Gasteiger partial charge in [0.1, 0.15) is 36.3 Å². The van der Waals surface area contributed by atoms with E-state index in [4.69, 9.17) is 19.5 Å². The van der Waals surface area contributed by atoms with Crippen LogP contribution in [0.15, 0.2) is 28.6 Å². The van der Waals surface area contributed by atoms with Crippen molar-refractivity contribution in [2.45, 2.75) is 55.9 Å². The molecule has 0 bridgehead atoms. The first kappa shape index (κ1) is 46.2. The average Bonchev–Trinajstić information content (AvgIpc) is 3.85. The summed E-state index contributed by atoms with van der Waals surface area (Å²) in [5.74, 6) is -1.60. The Kier molecular flexibility index (Phi) is 15.3. The van der Waals surface area contributed by atoms with Crippen LogP contribution in [0.1, 0.15) is 26.5 Å². The number of aliphatic hydroxyl groups is 2. The Hall–Kier alpha value is -2.53. The number of nitrogen functional groups attached to an aromatic ring is 1. The molecular weight excluding hydrogens is 877 g/mol. The minimum absolute atomic E-state index is 0.0112. The fourth-order valence-corrected chi connectivity index (χ4v) is 11.1. The van der Waals surface area contributed by atoms with Gasteiger partial charge in [0.05, 0.1) is 25.1 Å². The van der Waals surface area contributed by atoms with Gasteiger partial charge in [-0.15, -0.1) is 11.3 Å². The van der Waals surface area contributed by atoms with Gasteiger partial charge in [0.2, 0.25) is 20.7 Å². The van der Waals surface area contributed by atoms with Gasteiger partial charge in [0, 0.05) is 36.1 Å². The van der Waals surface area contributed by atoms with Crippen molar-refractivity contribution in [1.29, 1.82) is 0 Å². The summed E-state index contributed by atoms with van der Waals surface area (Å²) in [5, 5.41) is 27.4. The summed E-state index contributed by atoms with van der Waals surface area (Å²) in [6.45, 7) is 0.109. The number of ether oxygens (including phenoxy) is 1. The standard InChI is InChI=1S/C24H37N8O18P3S3/c1-24(2,19(35)22(36)27-4-3-14(33)26-5-6-55-56(44,45)15-8-54-12-31-15)9-47-53(42,43)50-52(40,41)46-7-13-18(49-51(37,38)39)17(34)23(48-13)32-11-30-16-20(25)28-10-29-21(16)32/h8,10-13,17-19,23,34-35H,3-7,9H2,1-2H3,(H,26,33)(H,27,36)(H,40,41)(H,42,43)(H2,25,28,29)(H2,37,38,39)/t13-,17-,18-,19+,23-/m1/s1. The lowest BCUT2D eigenvalue weighted by Crippen LogP contribution is -2.46. The van der Waals surface area contributed by atoms with E-state index in [0.717, 1.165) is 28.6 Å². The highest BCUT2D eigenvalue weighted by Crippen LogP contribution is 2.61. The number of phosphoric acid groups is 3.